The third-order valence-electron chi connectivity index (χ3n) is 5.71. The van der Waals surface area contributed by atoms with Gasteiger partial charge in [0.25, 0.3) is 0 Å². The molecule has 2 aliphatic carbocycles. The molecule has 2 rings (SSSR count). The first-order chi connectivity index (χ1) is 9.42. The van der Waals surface area contributed by atoms with Crippen molar-refractivity contribution in [2.24, 2.45) is 17.3 Å². The molecular weight excluding hydrogens is 248 g/mol. The van der Waals surface area contributed by atoms with Crippen LogP contribution in [0.4, 0.5) is 0 Å². The van der Waals surface area contributed by atoms with Gasteiger partial charge in [-0.25, -0.2) is 0 Å². The van der Waals surface area contributed by atoms with Gasteiger partial charge in [-0.15, -0.1) is 0 Å². The van der Waals surface area contributed by atoms with E-state index in [9.17, 15) is 5.11 Å². The molecule has 116 valence electrons. The number of ether oxygens (including phenoxy) is 1. The van der Waals surface area contributed by atoms with E-state index in [0.29, 0.717) is 11.3 Å². The summed E-state index contributed by atoms with van der Waals surface area (Å²) in [6, 6.07) is 0. The van der Waals surface area contributed by atoms with Crippen LogP contribution in [0.1, 0.15) is 72.6 Å². The zero-order valence-electron chi connectivity index (χ0n) is 13.7. The Hall–Kier alpha value is -0.500. The second-order valence-electron chi connectivity index (χ2n) is 7.63. The zero-order valence-corrected chi connectivity index (χ0v) is 13.7. The van der Waals surface area contributed by atoms with Crippen LogP contribution in [0.15, 0.2) is 11.8 Å². The Kier molecular flexibility index (Phi) is 5.17. The number of allylic oxidation sites excluding steroid dienone is 2. The number of aliphatic hydroxyl groups excluding tert-OH is 1. The molecule has 0 aliphatic heterocycles. The SMILES string of the molecule is CCC(C)(C)C1CC=C(OC2CCC(C)CC2O)CC1. The molecule has 0 radical (unpaired) electrons. The minimum atomic E-state index is -0.274. The van der Waals surface area contributed by atoms with Gasteiger partial charge in [-0.1, -0.05) is 34.1 Å². The largest absolute Gasteiger partial charge is 0.492 e. The monoisotopic (exact) mass is 280 g/mol. The molecule has 0 aromatic carbocycles. The Bertz CT molecular complexity index is 345. The lowest BCUT2D eigenvalue weighted by atomic mass is 9.71. The topological polar surface area (TPSA) is 29.5 Å². The Morgan fingerprint density at radius 2 is 2.05 bits per heavy atom. The summed E-state index contributed by atoms with van der Waals surface area (Å²) in [7, 11) is 0. The van der Waals surface area contributed by atoms with Crippen LogP contribution in [0.3, 0.4) is 0 Å². The maximum absolute atomic E-state index is 10.1. The van der Waals surface area contributed by atoms with Gasteiger partial charge in [-0.3, -0.25) is 0 Å². The average molecular weight is 280 g/mol. The van der Waals surface area contributed by atoms with Crippen LogP contribution in [0.25, 0.3) is 0 Å². The van der Waals surface area contributed by atoms with E-state index in [-0.39, 0.29) is 12.2 Å². The van der Waals surface area contributed by atoms with E-state index in [4.69, 9.17) is 4.74 Å². The lowest BCUT2D eigenvalue weighted by Gasteiger charge is -2.37. The zero-order chi connectivity index (χ0) is 14.8. The Balaban J connectivity index is 1.86. The highest BCUT2D eigenvalue weighted by Crippen LogP contribution is 2.40. The molecule has 2 nitrogen and oxygen atoms in total. The first-order valence-electron chi connectivity index (χ1n) is 8.46. The molecule has 4 atom stereocenters. The first-order valence-corrected chi connectivity index (χ1v) is 8.46. The van der Waals surface area contributed by atoms with Gasteiger partial charge < -0.3 is 9.84 Å². The highest BCUT2D eigenvalue weighted by molar-refractivity contribution is 5.03. The lowest BCUT2D eigenvalue weighted by molar-refractivity contribution is -0.0459. The van der Waals surface area contributed by atoms with Crippen LogP contribution in [0, 0.1) is 17.3 Å². The summed E-state index contributed by atoms with van der Waals surface area (Å²) in [6.07, 6.45) is 9.77. The average Bonchev–Trinajstić information content (AvgIpc) is 2.42. The summed E-state index contributed by atoms with van der Waals surface area (Å²) in [5.74, 6) is 2.54. The summed E-state index contributed by atoms with van der Waals surface area (Å²) < 4.78 is 6.10. The van der Waals surface area contributed by atoms with Crippen molar-refractivity contribution in [1.29, 1.82) is 0 Å². The highest BCUT2D eigenvalue weighted by atomic mass is 16.5. The van der Waals surface area contributed by atoms with Crippen molar-refractivity contribution in [1.82, 2.24) is 0 Å². The number of rotatable bonds is 4. The van der Waals surface area contributed by atoms with Gasteiger partial charge in [-0.2, -0.15) is 0 Å². The van der Waals surface area contributed by atoms with E-state index in [1.165, 1.54) is 19.3 Å². The van der Waals surface area contributed by atoms with Crippen LogP contribution in [-0.4, -0.2) is 17.3 Å². The number of aliphatic hydroxyl groups is 1. The minimum absolute atomic E-state index is 0.0354. The van der Waals surface area contributed by atoms with Crippen LogP contribution in [0.2, 0.25) is 0 Å². The molecule has 0 saturated heterocycles. The fourth-order valence-corrected chi connectivity index (χ4v) is 3.57. The van der Waals surface area contributed by atoms with Gasteiger partial charge in [0.2, 0.25) is 0 Å². The van der Waals surface area contributed by atoms with Gasteiger partial charge in [0.1, 0.15) is 6.10 Å². The highest BCUT2D eigenvalue weighted by Gasteiger charge is 2.32. The van der Waals surface area contributed by atoms with Crippen LogP contribution in [0.5, 0.6) is 0 Å². The molecule has 0 spiro atoms. The van der Waals surface area contributed by atoms with Gasteiger partial charge >= 0.3 is 0 Å². The Morgan fingerprint density at radius 3 is 2.60 bits per heavy atom. The second-order valence-corrected chi connectivity index (χ2v) is 7.63. The third-order valence-corrected chi connectivity index (χ3v) is 5.71. The molecule has 0 amide bonds. The number of hydrogen-bond donors (Lipinski definition) is 1. The summed E-state index contributed by atoms with van der Waals surface area (Å²) >= 11 is 0. The predicted octanol–water partition coefficient (Wildman–Crippen LogP) is 4.67. The van der Waals surface area contributed by atoms with E-state index in [1.807, 2.05) is 0 Å². The second kappa shape index (κ2) is 6.51. The summed E-state index contributed by atoms with van der Waals surface area (Å²) in [5, 5.41) is 10.1. The molecule has 0 aromatic heterocycles. The third kappa shape index (κ3) is 3.78. The molecule has 4 unspecified atom stereocenters. The molecule has 1 N–H and O–H groups in total. The van der Waals surface area contributed by atoms with Crippen LogP contribution >= 0.6 is 0 Å². The predicted molar refractivity (Wildman–Crippen MR) is 83.4 cm³/mol. The molecule has 1 saturated carbocycles. The maximum Gasteiger partial charge on any atom is 0.124 e. The number of hydrogen-bond acceptors (Lipinski definition) is 2. The van der Waals surface area contributed by atoms with E-state index < -0.39 is 0 Å². The molecule has 0 aromatic rings. The van der Waals surface area contributed by atoms with E-state index in [2.05, 4.69) is 33.8 Å². The molecule has 2 heteroatoms. The van der Waals surface area contributed by atoms with Gasteiger partial charge in [0.15, 0.2) is 0 Å². The standard InChI is InChI=1S/C18H32O2/c1-5-18(3,4)14-7-9-15(10-8-14)20-17-11-6-13(2)12-16(17)19/h9,13-14,16-17,19H,5-8,10-12H2,1-4H3. The molecule has 0 heterocycles. The van der Waals surface area contributed by atoms with Crippen molar-refractivity contribution in [3.63, 3.8) is 0 Å². The lowest BCUT2D eigenvalue weighted by Crippen LogP contribution is -2.35. The van der Waals surface area contributed by atoms with Crippen molar-refractivity contribution >= 4 is 0 Å². The van der Waals surface area contributed by atoms with Crippen LogP contribution in [-0.2, 0) is 4.74 Å². The molecule has 20 heavy (non-hydrogen) atoms. The summed E-state index contributed by atoms with van der Waals surface area (Å²) in [4.78, 5) is 0. The summed E-state index contributed by atoms with van der Waals surface area (Å²) in [5.41, 5.74) is 0.432. The fourth-order valence-electron chi connectivity index (χ4n) is 3.57. The molecule has 2 aliphatic rings. The van der Waals surface area contributed by atoms with Gasteiger partial charge in [0.05, 0.1) is 11.9 Å². The molecular formula is C18H32O2. The van der Waals surface area contributed by atoms with Crippen molar-refractivity contribution in [2.45, 2.75) is 84.8 Å². The van der Waals surface area contributed by atoms with Crippen molar-refractivity contribution < 1.29 is 9.84 Å². The Labute approximate surface area is 124 Å². The quantitative estimate of drug-likeness (QED) is 0.810. The van der Waals surface area contributed by atoms with Crippen LogP contribution < -0.4 is 0 Å². The van der Waals surface area contributed by atoms with Crippen molar-refractivity contribution in [3.8, 4) is 0 Å². The van der Waals surface area contributed by atoms with E-state index in [0.717, 1.165) is 37.4 Å². The molecule has 0 bridgehead atoms. The van der Waals surface area contributed by atoms with Gasteiger partial charge in [0, 0.05) is 6.42 Å². The molecule has 1 fully saturated rings. The maximum atomic E-state index is 10.1. The minimum Gasteiger partial charge on any atom is -0.492 e. The smallest absolute Gasteiger partial charge is 0.124 e. The van der Waals surface area contributed by atoms with E-state index in [1.54, 1.807) is 0 Å². The summed E-state index contributed by atoms with van der Waals surface area (Å²) in [6.45, 7) is 9.26. The Morgan fingerprint density at radius 1 is 1.30 bits per heavy atom. The normalized spacial score (nSPS) is 35.5. The van der Waals surface area contributed by atoms with Crippen molar-refractivity contribution in [2.75, 3.05) is 0 Å². The first kappa shape index (κ1) is 15.9. The van der Waals surface area contributed by atoms with E-state index >= 15 is 0 Å². The fraction of sp³-hybridized carbons (Fsp3) is 0.889. The van der Waals surface area contributed by atoms with Gasteiger partial charge in [-0.05, 0) is 55.4 Å². The van der Waals surface area contributed by atoms with Crippen molar-refractivity contribution in [3.05, 3.63) is 11.8 Å².